The zero-order valence-electron chi connectivity index (χ0n) is 21.3. The number of allylic oxidation sites excluding steroid dienone is 2. The third-order valence-electron chi connectivity index (χ3n) is 6.69. The van der Waals surface area contributed by atoms with Gasteiger partial charge in [-0.15, -0.1) is 8.78 Å². The Kier molecular flexibility index (Phi) is 6.32. The van der Waals surface area contributed by atoms with Crippen LogP contribution in [0.1, 0.15) is 37.9 Å². The Hall–Kier alpha value is -4.41. The van der Waals surface area contributed by atoms with E-state index in [0.29, 0.717) is 35.9 Å². The molecule has 2 aliphatic rings. The minimum absolute atomic E-state index is 0.0142. The molecule has 0 saturated heterocycles. The molecule has 1 saturated carbocycles. The molecule has 39 heavy (non-hydrogen) atoms. The van der Waals surface area contributed by atoms with E-state index in [0.717, 1.165) is 11.3 Å². The minimum Gasteiger partial charge on any atom is -0.416 e. The van der Waals surface area contributed by atoms with E-state index in [1.807, 2.05) is 17.6 Å². The second-order valence-corrected chi connectivity index (χ2v) is 9.74. The van der Waals surface area contributed by atoms with Crippen LogP contribution in [0.25, 0.3) is 16.5 Å². The number of aromatic nitrogens is 1. The number of nitrogens with zero attached hydrogens (tertiary/aromatic N) is 1. The lowest BCUT2D eigenvalue weighted by Gasteiger charge is -2.17. The average molecular weight is 542 g/mol. The van der Waals surface area contributed by atoms with Gasteiger partial charge in [0.05, 0.1) is 22.4 Å². The molecule has 2 N–H and O–H groups in total. The van der Waals surface area contributed by atoms with Crippen molar-refractivity contribution >= 4 is 34.2 Å². The first-order chi connectivity index (χ1) is 18.4. The standard InChI is InChI=1S/C28H26F3N3O5/c1-15(2)21-12-17-11-20(19(29)14-22(17)34(21)10-9-32-26(36)37-16(3)4)33-25(35)27(7-8-27)18-5-6-23-24(13-18)39-28(30,31)38-23/h5-6,11-14H,1,3,7-10H2,2,4H3,(H,32,36)(H,33,35). The van der Waals surface area contributed by atoms with Gasteiger partial charge in [-0.2, -0.15) is 0 Å². The molecule has 5 rings (SSSR count). The Morgan fingerprint density at radius 3 is 2.46 bits per heavy atom. The van der Waals surface area contributed by atoms with Gasteiger partial charge in [-0.1, -0.05) is 19.2 Å². The monoisotopic (exact) mass is 541 g/mol. The van der Waals surface area contributed by atoms with Gasteiger partial charge in [0, 0.05) is 30.2 Å². The van der Waals surface area contributed by atoms with Gasteiger partial charge in [-0.25, -0.2) is 9.18 Å². The molecule has 8 nitrogen and oxygen atoms in total. The zero-order valence-corrected chi connectivity index (χ0v) is 21.3. The summed E-state index contributed by atoms with van der Waals surface area (Å²) in [5, 5.41) is 5.94. The molecule has 1 fully saturated rings. The predicted octanol–water partition coefficient (Wildman–Crippen LogP) is 6.07. The first kappa shape index (κ1) is 26.2. The van der Waals surface area contributed by atoms with Crippen molar-refractivity contribution in [2.45, 2.75) is 44.9 Å². The largest absolute Gasteiger partial charge is 0.586 e. The molecule has 2 heterocycles. The number of alkyl carbamates (subject to hydrolysis) is 1. The molecule has 11 heteroatoms. The first-order valence-electron chi connectivity index (χ1n) is 12.2. The van der Waals surface area contributed by atoms with Crippen molar-refractivity contribution in [1.82, 2.24) is 9.88 Å². The van der Waals surface area contributed by atoms with Crippen molar-refractivity contribution < 1.29 is 37.0 Å². The predicted molar refractivity (Wildman–Crippen MR) is 138 cm³/mol. The summed E-state index contributed by atoms with van der Waals surface area (Å²) in [7, 11) is 0. The van der Waals surface area contributed by atoms with Crippen molar-refractivity contribution in [2.75, 3.05) is 11.9 Å². The van der Waals surface area contributed by atoms with E-state index in [1.54, 1.807) is 6.92 Å². The molecule has 3 aromatic rings. The number of rotatable bonds is 8. The number of carbonyl (C=O) groups is 2. The highest BCUT2D eigenvalue weighted by Gasteiger charge is 2.53. The lowest BCUT2D eigenvalue weighted by Crippen LogP contribution is -2.28. The number of ether oxygens (including phenoxy) is 3. The van der Waals surface area contributed by atoms with E-state index in [4.69, 9.17) is 4.74 Å². The molecule has 2 amide bonds. The van der Waals surface area contributed by atoms with Crippen LogP contribution >= 0.6 is 0 Å². The van der Waals surface area contributed by atoms with E-state index in [1.165, 1.54) is 30.3 Å². The van der Waals surface area contributed by atoms with Crippen LogP contribution in [0.3, 0.4) is 0 Å². The summed E-state index contributed by atoms with van der Waals surface area (Å²) in [6.45, 7) is 11.4. The van der Waals surface area contributed by atoms with E-state index >= 15 is 4.39 Å². The van der Waals surface area contributed by atoms with Gasteiger partial charge in [0.2, 0.25) is 5.91 Å². The van der Waals surface area contributed by atoms with Crippen molar-refractivity contribution in [3.63, 3.8) is 0 Å². The molecule has 0 bridgehead atoms. The second-order valence-electron chi connectivity index (χ2n) is 9.74. The number of halogens is 3. The molecular weight excluding hydrogens is 515 g/mol. The third kappa shape index (κ3) is 5.04. The topological polar surface area (TPSA) is 90.8 Å². The van der Waals surface area contributed by atoms with Gasteiger partial charge in [0.1, 0.15) is 5.82 Å². The molecule has 1 aromatic heterocycles. The quantitative estimate of drug-likeness (QED) is 0.338. The number of carbonyl (C=O) groups excluding carboxylic acids is 2. The summed E-state index contributed by atoms with van der Waals surface area (Å²) in [5.74, 6) is -1.12. The van der Waals surface area contributed by atoms with Crippen LogP contribution in [0.5, 0.6) is 11.5 Å². The number of amides is 2. The summed E-state index contributed by atoms with van der Waals surface area (Å²) < 4.78 is 57.8. The van der Waals surface area contributed by atoms with Crippen LogP contribution in [0.2, 0.25) is 0 Å². The number of fused-ring (bicyclic) bond motifs is 2. The zero-order chi connectivity index (χ0) is 28.1. The summed E-state index contributed by atoms with van der Waals surface area (Å²) in [5.41, 5.74) is 1.49. The Labute approximate surface area is 222 Å². The average Bonchev–Trinajstić information content (AvgIpc) is 3.49. The first-order valence-corrected chi connectivity index (χ1v) is 12.2. The SMILES string of the molecule is C=C(C)OC(=O)NCCn1c(C(=C)C)cc2cc(NC(=O)C3(c4ccc5c(c4)OC(F)(F)O5)CC3)c(F)cc21. The number of hydrogen-bond donors (Lipinski definition) is 2. The van der Waals surface area contributed by atoms with Crippen LogP contribution in [0.15, 0.2) is 55.3 Å². The van der Waals surface area contributed by atoms with Gasteiger partial charge in [0.15, 0.2) is 11.5 Å². The summed E-state index contributed by atoms with van der Waals surface area (Å²) in [4.78, 5) is 25.1. The fourth-order valence-corrected chi connectivity index (χ4v) is 4.70. The highest BCUT2D eigenvalue weighted by molar-refractivity contribution is 6.03. The number of nitrogens with one attached hydrogen (secondary N) is 2. The number of benzene rings is 2. The fraction of sp³-hybridized carbons (Fsp3) is 0.286. The molecule has 2 aromatic carbocycles. The third-order valence-corrected chi connectivity index (χ3v) is 6.69. The second kappa shape index (κ2) is 9.40. The highest BCUT2D eigenvalue weighted by atomic mass is 19.3. The van der Waals surface area contributed by atoms with Gasteiger partial charge < -0.3 is 29.4 Å². The van der Waals surface area contributed by atoms with Crippen LogP contribution in [0.4, 0.5) is 23.7 Å². The van der Waals surface area contributed by atoms with Crippen molar-refractivity contribution in [2.24, 2.45) is 0 Å². The Bertz CT molecular complexity index is 1540. The maximum absolute atomic E-state index is 15.3. The molecule has 204 valence electrons. The van der Waals surface area contributed by atoms with E-state index in [-0.39, 0.29) is 29.5 Å². The number of hydrogen-bond acceptors (Lipinski definition) is 5. The number of anilines is 1. The van der Waals surface area contributed by atoms with E-state index < -0.39 is 29.5 Å². The smallest absolute Gasteiger partial charge is 0.416 e. The Morgan fingerprint density at radius 1 is 1.08 bits per heavy atom. The summed E-state index contributed by atoms with van der Waals surface area (Å²) in [6, 6.07) is 8.90. The van der Waals surface area contributed by atoms with Gasteiger partial charge in [0.25, 0.3) is 0 Å². The Balaban J connectivity index is 1.37. The van der Waals surface area contributed by atoms with E-state index in [9.17, 15) is 18.4 Å². The van der Waals surface area contributed by atoms with Crippen molar-refractivity contribution in [3.8, 4) is 11.5 Å². The van der Waals surface area contributed by atoms with Crippen LogP contribution in [-0.2, 0) is 21.5 Å². The minimum atomic E-state index is -3.76. The van der Waals surface area contributed by atoms with Crippen LogP contribution in [-0.4, -0.2) is 29.4 Å². The van der Waals surface area contributed by atoms with Gasteiger partial charge in [-0.05, 0) is 62.1 Å². The van der Waals surface area contributed by atoms with Crippen LogP contribution < -0.4 is 20.1 Å². The van der Waals surface area contributed by atoms with Crippen LogP contribution in [0, 0.1) is 5.82 Å². The number of alkyl halides is 2. The van der Waals surface area contributed by atoms with Crippen molar-refractivity contribution in [1.29, 1.82) is 0 Å². The maximum atomic E-state index is 15.3. The summed E-state index contributed by atoms with van der Waals surface area (Å²) >= 11 is 0. The molecule has 0 spiro atoms. The van der Waals surface area contributed by atoms with Crippen molar-refractivity contribution in [3.05, 3.63) is 72.4 Å². The molecular formula is C28H26F3N3O5. The van der Waals surface area contributed by atoms with Gasteiger partial charge in [-0.3, -0.25) is 4.79 Å². The fourth-order valence-electron chi connectivity index (χ4n) is 4.70. The maximum Gasteiger partial charge on any atom is 0.586 e. The molecule has 0 atom stereocenters. The lowest BCUT2D eigenvalue weighted by atomic mass is 9.94. The highest BCUT2D eigenvalue weighted by Crippen LogP contribution is 2.52. The molecule has 0 unspecified atom stereocenters. The summed E-state index contributed by atoms with van der Waals surface area (Å²) in [6.07, 6.45) is -3.47. The van der Waals surface area contributed by atoms with Gasteiger partial charge >= 0.3 is 12.4 Å². The Morgan fingerprint density at radius 2 is 1.79 bits per heavy atom. The van der Waals surface area contributed by atoms with E-state index in [2.05, 4.69) is 33.3 Å². The molecule has 0 radical (unpaired) electrons. The molecule has 1 aliphatic carbocycles. The molecule has 1 aliphatic heterocycles. The lowest BCUT2D eigenvalue weighted by molar-refractivity contribution is -0.286. The normalized spacial score (nSPS) is 16.0.